The van der Waals surface area contributed by atoms with Crippen LogP contribution in [0, 0.1) is 0 Å². The first-order chi connectivity index (χ1) is 9.00. The topological polar surface area (TPSA) is 74.1 Å². The second-order valence-corrected chi connectivity index (χ2v) is 4.40. The highest BCUT2D eigenvalue weighted by molar-refractivity contribution is 5.93. The predicted octanol–water partition coefficient (Wildman–Crippen LogP) is 1.55. The first-order valence-corrected chi connectivity index (χ1v) is 5.68. The van der Waals surface area contributed by atoms with Crippen LogP contribution in [0.3, 0.4) is 0 Å². The first kappa shape index (κ1) is 12.9. The second kappa shape index (κ2) is 5.01. The van der Waals surface area contributed by atoms with Crippen LogP contribution in [-0.2, 0) is 4.74 Å². The fraction of sp³-hybridized carbons (Fsp3) is 0.231. The summed E-state index contributed by atoms with van der Waals surface area (Å²) >= 11 is 0. The number of aromatic nitrogens is 3. The normalized spacial score (nSPS) is 11.1. The summed E-state index contributed by atoms with van der Waals surface area (Å²) in [6.45, 7) is 3.04. The van der Waals surface area contributed by atoms with E-state index >= 15 is 0 Å². The van der Waals surface area contributed by atoms with Gasteiger partial charge in [0.25, 0.3) is 5.91 Å². The van der Waals surface area contributed by atoms with Gasteiger partial charge in [0.15, 0.2) is 5.60 Å². The van der Waals surface area contributed by atoms with Crippen molar-refractivity contribution in [1.29, 1.82) is 0 Å². The van der Waals surface area contributed by atoms with Crippen LogP contribution in [0.25, 0.3) is 0 Å². The minimum Gasteiger partial charge on any atom is -0.446 e. The Morgan fingerprint density at radius 3 is 2.63 bits per heavy atom. The lowest BCUT2D eigenvalue weighted by Gasteiger charge is -2.22. The third kappa shape index (κ3) is 2.85. The molecule has 0 saturated heterocycles. The summed E-state index contributed by atoms with van der Waals surface area (Å²) in [5.41, 5.74) is -1.01. The van der Waals surface area contributed by atoms with Gasteiger partial charge in [0.1, 0.15) is 0 Å². The molecule has 0 aliphatic heterocycles. The molecule has 0 unspecified atom stereocenters. The molecule has 6 heteroatoms. The smallest absolute Gasteiger partial charge is 0.340 e. The van der Waals surface area contributed by atoms with Crippen molar-refractivity contribution in [2.24, 2.45) is 0 Å². The van der Waals surface area contributed by atoms with Crippen molar-refractivity contribution in [2.75, 3.05) is 0 Å². The van der Waals surface area contributed by atoms with Gasteiger partial charge in [-0.3, -0.25) is 9.78 Å². The molecule has 98 valence electrons. The summed E-state index contributed by atoms with van der Waals surface area (Å²) in [6.07, 6.45) is 5.92. The maximum Gasteiger partial charge on any atom is 0.340 e. The van der Waals surface area contributed by atoms with Crippen molar-refractivity contribution in [3.05, 3.63) is 48.5 Å². The van der Waals surface area contributed by atoms with E-state index in [9.17, 15) is 9.59 Å². The third-order valence-electron chi connectivity index (χ3n) is 2.47. The maximum atomic E-state index is 12.1. The van der Waals surface area contributed by atoms with E-state index in [1.165, 1.54) is 32.4 Å². The van der Waals surface area contributed by atoms with E-state index in [0.29, 0.717) is 5.56 Å². The molecule has 0 fully saturated rings. The van der Waals surface area contributed by atoms with Crippen LogP contribution in [0.4, 0.5) is 0 Å². The van der Waals surface area contributed by atoms with Gasteiger partial charge in [-0.2, -0.15) is 5.10 Å². The van der Waals surface area contributed by atoms with Crippen LogP contribution in [0.1, 0.15) is 29.0 Å². The molecular formula is C13H13N3O3. The number of nitrogens with zero attached hydrogens (tertiary/aromatic N) is 3. The molecule has 0 N–H and O–H groups in total. The van der Waals surface area contributed by atoms with E-state index < -0.39 is 17.5 Å². The zero-order valence-electron chi connectivity index (χ0n) is 10.6. The zero-order valence-corrected chi connectivity index (χ0v) is 10.6. The Bertz CT molecular complexity index is 576. The van der Waals surface area contributed by atoms with Gasteiger partial charge in [-0.25, -0.2) is 9.48 Å². The van der Waals surface area contributed by atoms with Crippen molar-refractivity contribution in [1.82, 2.24) is 14.8 Å². The summed E-state index contributed by atoms with van der Waals surface area (Å²) in [7, 11) is 0. The summed E-state index contributed by atoms with van der Waals surface area (Å²) in [6, 6.07) is 4.82. The number of pyridine rings is 1. The highest BCUT2D eigenvalue weighted by Gasteiger charge is 2.34. The van der Waals surface area contributed by atoms with Gasteiger partial charge in [-0.05, 0) is 32.0 Å². The molecule has 2 aromatic heterocycles. The quantitative estimate of drug-likeness (QED) is 0.782. The van der Waals surface area contributed by atoms with Crippen LogP contribution >= 0.6 is 0 Å². The van der Waals surface area contributed by atoms with Gasteiger partial charge in [-0.15, -0.1) is 0 Å². The number of esters is 1. The van der Waals surface area contributed by atoms with Crippen molar-refractivity contribution in [2.45, 2.75) is 19.4 Å². The van der Waals surface area contributed by atoms with E-state index in [2.05, 4.69) is 10.1 Å². The molecule has 0 bridgehead atoms. The van der Waals surface area contributed by atoms with Gasteiger partial charge in [0.05, 0.1) is 5.56 Å². The first-order valence-electron chi connectivity index (χ1n) is 5.68. The molecule has 6 nitrogen and oxygen atoms in total. The average Bonchev–Trinajstić information content (AvgIpc) is 2.92. The average molecular weight is 259 g/mol. The molecule has 0 radical (unpaired) electrons. The molecule has 19 heavy (non-hydrogen) atoms. The molecular weight excluding hydrogens is 246 g/mol. The Morgan fingerprint density at radius 2 is 2.05 bits per heavy atom. The molecule has 0 atom stereocenters. The van der Waals surface area contributed by atoms with Gasteiger partial charge < -0.3 is 4.74 Å². The molecule has 0 aliphatic carbocycles. The lowest BCUT2D eigenvalue weighted by Crippen LogP contribution is -2.41. The van der Waals surface area contributed by atoms with Crippen molar-refractivity contribution < 1.29 is 14.3 Å². The van der Waals surface area contributed by atoms with Crippen LogP contribution in [0.5, 0.6) is 0 Å². The number of ether oxygens (including phenoxy) is 1. The Balaban J connectivity index is 2.13. The fourth-order valence-corrected chi connectivity index (χ4v) is 1.48. The SMILES string of the molecule is CC(C)(OC(=O)c1cccnc1)C(=O)n1cccn1. The van der Waals surface area contributed by atoms with Crippen molar-refractivity contribution >= 4 is 11.9 Å². The van der Waals surface area contributed by atoms with Crippen LogP contribution in [0.2, 0.25) is 0 Å². The predicted molar refractivity (Wildman–Crippen MR) is 66.6 cm³/mol. The van der Waals surface area contributed by atoms with E-state index in [4.69, 9.17) is 4.74 Å². The molecule has 2 heterocycles. The van der Waals surface area contributed by atoms with Gasteiger partial charge in [-0.1, -0.05) is 0 Å². The monoisotopic (exact) mass is 259 g/mol. The van der Waals surface area contributed by atoms with Crippen molar-refractivity contribution in [3.63, 3.8) is 0 Å². The zero-order chi connectivity index (χ0) is 13.9. The van der Waals surface area contributed by atoms with Crippen molar-refractivity contribution in [3.8, 4) is 0 Å². The van der Waals surface area contributed by atoms with Gasteiger partial charge in [0, 0.05) is 24.8 Å². The minimum atomic E-state index is -1.31. The highest BCUT2D eigenvalue weighted by Crippen LogP contribution is 2.15. The van der Waals surface area contributed by atoms with E-state index in [1.807, 2.05) is 0 Å². The molecule has 2 rings (SSSR count). The number of carbonyl (C=O) groups is 2. The fourth-order valence-electron chi connectivity index (χ4n) is 1.48. The van der Waals surface area contributed by atoms with Crippen LogP contribution in [-0.4, -0.2) is 32.2 Å². The lowest BCUT2D eigenvalue weighted by molar-refractivity contribution is -0.00161. The molecule has 0 amide bonds. The summed E-state index contributed by atoms with van der Waals surface area (Å²) in [5, 5.41) is 3.83. The lowest BCUT2D eigenvalue weighted by atomic mass is 10.1. The number of carbonyl (C=O) groups excluding carboxylic acids is 2. The Hall–Kier alpha value is -2.50. The molecule has 0 saturated carbocycles. The number of rotatable bonds is 3. The summed E-state index contributed by atoms with van der Waals surface area (Å²) < 4.78 is 6.36. The van der Waals surface area contributed by atoms with E-state index in [-0.39, 0.29) is 0 Å². The minimum absolute atomic E-state index is 0.295. The largest absolute Gasteiger partial charge is 0.446 e. The summed E-state index contributed by atoms with van der Waals surface area (Å²) in [5.74, 6) is -1.02. The number of hydrogen-bond donors (Lipinski definition) is 0. The van der Waals surface area contributed by atoms with Gasteiger partial charge in [0.2, 0.25) is 0 Å². The summed E-state index contributed by atoms with van der Waals surface area (Å²) in [4.78, 5) is 27.8. The van der Waals surface area contributed by atoms with Gasteiger partial charge >= 0.3 is 5.97 Å². The molecule has 0 spiro atoms. The molecule has 2 aromatic rings. The third-order valence-corrected chi connectivity index (χ3v) is 2.47. The second-order valence-electron chi connectivity index (χ2n) is 4.40. The Kier molecular flexibility index (Phi) is 3.41. The molecule has 0 aliphatic rings. The highest BCUT2D eigenvalue weighted by atomic mass is 16.6. The van der Waals surface area contributed by atoms with E-state index in [0.717, 1.165) is 4.68 Å². The van der Waals surface area contributed by atoms with E-state index in [1.54, 1.807) is 24.4 Å². The Labute approximate surface area is 110 Å². The maximum absolute atomic E-state index is 12.1. The van der Waals surface area contributed by atoms with Crippen LogP contribution < -0.4 is 0 Å². The molecule has 0 aromatic carbocycles. The Morgan fingerprint density at radius 1 is 1.26 bits per heavy atom. The van der Waals surface area contributed by atoms with Crippen LogP contribution in [0.15, 0.2) is 43.0 Å². The number of hydrogen-bond acceptors (Lipinski definition) is 5. The standard InChI is InChI=1S/C13H13N3O3/c1-13(2,12(18)16-8-4-7-15-16)19-11(17)10-5-3-6-14-9-10/h3-9H,1-2H3.